The topological polar surface area (TPSA) is 46.2 Å². The molecule has 0 radical (unpaired) electrons. The van der Waals surface area contributed by atoms with Crippen LogP contribution in [-0.4, -0.2) is 8.42 Å². The van der Waals surface area contributed by atoms with Crippen molar-refractivity contribution in [3.63, 3.8) is 0 Å². The van der Waals surface area contributed by atoms with E-state index in [0.29, 0.717) is 14.6 Å². The van der Waals surface area contributed by atoms with Crippen LogP contribution in [0, 0.1) is 5.82 Å². The van der Waals surface area contributed by atoms with Crippen LogP contribution in [0.5, 0.6) is 0 Å². The Bertz CT molecular complexity index is 745. The van der Waals surface area contributed by atoms with Crippen molar-refractivity contribution < 1.29 is 12.8 Å². The van der Waals surface area contributed by atoms with Gasteiger partial charge >= 0.3 is 0 Å². The van der Waals surface area contributed by atoms with Crippen molar-refractivity contribution in [3.05, 3.63) is 55.6 Å². The van der Waals surface area contributed by atoms with Crippen LogP contribution in [0.4, 0.5) is 10.1 Å². The second kappa shape index (κ2) is 6.13. The van der Waals surface area contributed by atoms with Gasteiger partial charge in [-0.3, -0.25) is 4.72 Å². The van der Waals surface area contributed by atoms with Crippen molar-refractivity contribution >= 4 is 63.5 Å². The Hall–Kier alpha value is -0.440. The van der Waals surface area contributed by atoms with Crippen LogP contribution in [0.2, 0.25) is 0 Å². The molecule has 2 aromatic rings. The van der Waals surface area contributed by atoms with E-state index < -0.39 is 15.8 Å². The fourth-order valence-electron chi connectivity index (χ4n) is 1.48. The zero-order valence-corrected chi connectivity index (χ0v) is 15.3. The molecule has 0 spiro atoms. The average Bonchev–Trinajstić information content (AvgIpc) is 2.33. The summed E-state index contributed by atoms with van der Waals surface area (Å²) in [5, 5.41) is 0. The number of anilines is 1. The minimum atomic E-state index is -3.83. The lowest BCUT2D eigenvalue weighted by Gasteiger charge is -2.12. The Kier molecular flexibility index (Phi) is 4.88. The third-order valence-corrected chi connectivity index (χ3v) is 6.03. The van der Waals surface area contributed by atoms with Gasteiger partial charge in [0.2, 0.25) is 0 Å². The van der Waals surface area contributed by atoms with Crippen molar-refractivity contribution in [2.45, 2.75) is 4.90 Å². The summed E-state index contributed by atoms with van der Waals surface area (Å²) in [6.45, 7) is 0. The molecule has 0 aliphatic rings. The Morgan fingerprint density at radius 3 is 2.10 bits per heavy atom. The molecule has 0 saturated carbocycles. The molecule has 8 heteroatoms. The normalized spacial score (nSPS) is 11.4. The number of sulfonamides is 1. The van der Waals surface area contributed by atoms with Gasteiger partial charge in [0, 0.05) is 13.4 Å². The van der Waals surface area contributed by atoms with Crippen molar-refractivity contribution in [3.8, 4) is 0 Å². The van der Waals surface area contributed by atoms with Gasteiger partial charge in [-0.15, -0.1) is 0 Å². The molecule has 0 aliphatic heterocycles. The highest BCUT2D eigenvalue weighted by molar-refractivity contribution is 9.11. The van der Waals surface area contributed by atoms with Crippen LogP contribution < -0.4 is 4.72 Å². The predicted molar refractivity (Wildman–Crippen MR) is 86.8 cm³/mol. The van der Waals surface area contributed by atoms with Crippen LogP contribution in [0.1, 0.15) is 0 Å². The van der Waals surface area contributed by atoms with Crippen LogP contribution in [0.25, 0.3) is 0 Å². The number of para-hydroxylation sites is 1. The summed E-state index contributed by atoms with van der Waals surface area (Å²) in [4.78, 5) is -0.0402. The van der Waals surface area contributed by atoms with E-state index in [4.69, 9.17) is 0 Å². The van der Waals surface area contributed by atoms with Gasteiger partial charge in [0.1, 0.15) is 10.7 Å². The van der Waals surface area contributed by atoms with Gasteiger partial charge in [-0.25, -0.2) is 12.8 Å². The van der Waals surface area contributed by atoms with Crippen LogP contribution in [-0.2, 0) is 10.0 Å². The predicted octanol–water partition coefficient (Wildman–Crippen LogP) is 4.91. The smallest absolute Gasteiger partial charge is 0.263 e. The van der Waals surface area contributed by atoms with E-state index in [1.807, 2.05) is 0 Å². The van der Waals surface area contributed by atoms with E-state index in [2.05, 4.69) is 52.5 Å². The summed E-state index contributed by atoms with van der Waals surface area (Å²) in [7, 11) is -3.83. The second-order valence-corrected chi connectivity index (χ2v) is 7.99. The summed E-state index contributed by atoms with van der Waals surface area (Å²) in [5.74, 6) is -0.516. The lowest BCUT2D eigenvalue weighted by molar-refractivity contribution is 0.599. The third kappa shape index (κ3) is 3.41. The zero-order valence-electron chi connectivity index (χ0n) is 9.70. The molecule has 0 aromatic heterocycles. The maximum Gasteiger partial charge on any atom is 0.263 e. The molecule has 2 aromatic carbocycles. The van der Waals surface area contributed by atoms with Gasteiger partial charge < -0.3 is 0 Å². The quantitative estimate of drug-likeness (QED) is 0.668. The Balaban J connectivity index is 2.46. The number of halogens is 4. The summed E-state index contributed by atoms with van der Waals surface area (Å²) in [5.41, 5.74) is 0.378. The molecule has 0 heterocycles. The fourth-order valence-corrected chi connectivity index (χ4v) is 5.09. The fraction of sp³-hybridized carbons (Fsp3) is 0. The Labute approximate surface area is 141 Å². The number of rotatable bonds is 3. The molecular weight excluding hydrogens is 481 g/mol. The van der Waals surface area contributed by atoms with Crippen LogP contribution >= 0.6 is 47.8 Å². The maximum atomic E-state index is 13.0. The number of hydrogen-bond donors (Lipinski definition) is 1. The zero-order chi connectivity index (χ0) is 14.9. The van der Waals surface area contributed by atoms with E-state index in [-0.39, 0.29) is 9.37 Å². The van der Waals surface area contributed by atoms with Gasteiger partial charge in [-0.2, -0.15) is 0 Å². The molecule has 0 aliphatic carbocycles. The van der Waals surface area contributed by atoms with Crippen molar-refractivity contribution in [1.29, 1.82) is 0 Å². The minimum absolute atomic E-state index is 0.0402. The van der Waals surface area contributed by atoms with Gasteiger partial charge in [0.15, 0.2) is 0 Å². The lowest BCUT2D eigenvalue weighted by atomic mass is 10.3. The van der Waals surface area contributed by atoms with E-state index in [1.165, 1.54) is 6.07 Å². The summed E-state index contributed by atoms with van der Waals surface area (Å²) in [6, 6.07) is 8.58. The highest BCUT2D eigenvalue weighted by Gasteiger charge is 2.20. The molecule has 0 bridgehead atoms. The Morgan fingerprint density at radius 1 is 0.950 bits per heavy atom. The van der Waals surface area contributed by atoms with Gasteiger partial charge in [-0.05, 0) is 78.1 Å². The standard InChI is InChI=1S/C12H7Br3FNO2S/c13-8-2-1-3-9(14)12(8)17-20(18,19)11-5-4-7(16)6-10(11)15/h1-6,17H. The lowest BCUT2D eigenvalue weighted by Crippen LogP contribution is -2.14. The molecule has 0 amide bonds. The molecular formula is C12H7Br3FNO2S. The van der Waals surface area contributed by atoms with Gasteiger partial charge in [0.05, 0.1) is 5.69 Å². The van der Waals surface area contributed by atoms with Crippen molar-refractivity contribution in [2.75, 3.05) is 4.72 Å². The largest absolute Gasteiger partial charge is 0.277 e. The summed E-state index contributed by atoms with van der Waals surface area (Å²) < 4.78 is 41.5. The first-order chi connectivity index (χ1) is 9.31. The molecule has 3 nitrogen and oxygen atoms in total. The number of hydrogen-bond acceptors (Lipinski definition) is 2. The van der Waals surface area contributed by atoms with Crippen molar-refractivity contribution in [2.24, 2.45) is 0 Å². The molecule has 0 fully saturated rings. The highest BCUT2D eigenvalue weighted by Crippen LogP contribution is 2.33. The number of nitrogens with one attached hydrogen (secondary N) is 1. The van der Waals surface area contributed by atoms with Gasteiger partial charge in [0.25, 0.3) is 10.0 Å². The highest BCUT2D eigenvalue weighted by atomic mass is 79.9. The SMILES string of the molecule is O=S(=O)(Nc1c(Br)cccc1Br)c1ccc(F)cc1Br. The summed E-state index contributed by atoms with van der Waals surface area (Å²) >= 11 is 9.60. The van der Waals surface area contributed by atoms with Crippen LogP contribution in [0.3, 0.4) is 0 Å². The minimum Gasteiger partial charge on any atom is -0.277 e. The molecule has 0 atom stereocenters. The van der Waals surface area contributed by atoms with E-state index >= 15 is 0 Å². The Morgan fingerprint density at radius 2 is 1.55 bits per heavy atom. The van der Waals surface area contributed by atoms with Crippen molar-refractivity contribution in [1.82, 2.24) is 0 Å². The average molecular weight is 488 g/mol. The first kappa shape index (κ1) is 15.9. The summed E-state index contributed by atoms with van der Waals surface area (Å²) in [6.07, 6.45) is 0. The third-order valence-electron chi connectivity index (χ3n) is 2.38. The number of benzene rings is 2. The van der Waals surface area contributed by atoms with E-state index in [1.54, 1.807) is 18.2 Å². The monoisotopic (exact) mass is 485 g/mol. The molecule has 0 saturated heterocycles. The van der Waals surface area contributed by atoms with E-state index in [9.17, 15) is 12.8 Å². The molecule has 106 valence electrons. The van der Waals surface area contributed by atoms with E-state index in [0.717, 1.165) is 12.1 Å². The molecule has 2 rings (SSSR count). The van der Waals surface area contributed by atoms with Gasteiger partial charge in [-0.1, -0.05) is 6.07 Å². The second-order valence-electron chi connectivity index (χ2n) is 3.78. The first-order valence-electron chi connectivity index (χ1n) is 5.23. The maximum absolute atomic E-state index is 13.0. The van der Waals surface area contributed by atoms with Crippen LogP contribution in [0.15, 0.2) is 54.7 Å². The molecule has 0 unspecified atom stereocenters. The molecule has 1 N–H and O–H groups in total. The first-order valence-corrected chi connectivity index (χ1v) is 9.09. The molecule has 20 heavy (non-hydrogen) atoms.